The summed E-state index contributed by atoms with van der Waals surface area (Å²) < 4.78 is 0. The van der Waals surface area contributed by atoms with Crippen molar-refractivity contribution in [3.8, 4) is 0 Å². The first-order valence-corrected chi connectivity index (χ1v) is 7.10. The average Bonchev–Trinajstić information content (AvgIpc) is 2.46. The van der Waals surface area contributed by atoms with E-state index in [9.17, 15) is 25.0 Å². The van der Waals surface area contributed by atoms with Crippen LogP contribution in [0.3, 0.4) is 0 Å². The van der Waals surface area contributed by atoms with Crippen LogP contribution < -0.4 is 4.90 Å². The van der Waals surface area contributed by atoms with Gasteiger partial charge in [-0.25, -0.2) is 0 Å². The molecular formula is C13H14ClN3O5. The number of halogens is 1. The van der Waals surface area contributed by atoms with Crippen LogP contribution in [-0.4, -0.2) is 28.2 Å². The molecule has 0 radical (unpaired) electrons. The van der Waals surface area contributed by atoms with E-state index < -0.39 is 26.5 Å². The zero-order valence-corrected chi connectivity index (χ0v) is 12.6. The Morgan fingerprint density at radius 3 is 2.27 bits per heavy atom. The molecule has 0 bridgehead atoms. The lowest BCUT2D eigenvalue weighted by molar-refractivity contribution is -0.393. The first-order chi connectivity index (χ1) is 10.3. The van der Waals surface area contributed by atoms with Gasteiger partial charge >= 0.3 is 0 Å². The first-order valence-electron chi connectivity index (χ1n) is 6.73. The summed E-state index contributed by atoms with van der Waals surface area (Å²) in [5.74, 6) is 0.489. The third kappa shape index (κ3) is 3.16. The van der Waals surface area contributed by atoms with Gasteiger partial charge in [-0.3, -0.25) is 25.0 Å². The van der Waals surface area contributed by atoms with Crippen molar-refractivity contribution < 1.29 is 14.6 Å². The minimum Gasteiger partial charge on any atom is -0.365 e. The smallest absolute Gasteiger partial charge is 0.300 e. The summed E-state index contributed by atoms with van der Waals surface area (Å²) in [6.07, 6.45) is 1.65. The Hall–Kier alpha value is -2.22. The summed E-state index contributed by atoms with van der Waals surface area (Å²) >= 11 is 5.50. The minimum atomic E-state index is -0.944. The Morgan fingerprint density at radius 1 is 1.23 bits per heavy atom. The van der Waals surface area contributed by atoms with Crippen LogP contribution in [0.2, 0.25) is 0 Å². The zero-order valence-electron chi connectivity index (χ0n) is 11.8. The molecule has 0 saturated carbocycles. The van der Waals surface area contributed by atoms with Crippen LogP contribution in [0.25, 0.3) is 0 Å². The number of nitro groups is 2. The molecular weight excluding hydrogens is 314 g/mol. The summed E-state index contributed by atoms with van der Waals surface area (Å²) in [4.78, 5) is 34.0. The highest BCUT2D eigenvalue weighted by molar-refractivity contribution is 6.68. The third-order valence-corrected chi connectivity index (χ3v) is 4.00. The van der Waals surface area contributed by atoms with Crippen molar-refractivity contribution in [2.24, 2.45) is 5.92 Å². The zero-order chi connectivity index (χ0) is 16.4. The number of carbonyl (C=O) groups is 1. The van der Waals surface area contributed by atoms with Crippen molar-refractivity contribution >= 4 is 33.9 Å². The lowest BCUT2D eigenvalue weighted by atomic mass is 9.97. The summed E-state index contributed by atoms with van der Waals surface area (Å²) in [7, 11) is 0. The molecule has 1 aromatic carbocycles. The monoisotopic (exact) mass is 327 g/mol. The van der Waals surface area contributed by atoms with E-state index in [-0.39, 0.29) is 11.3 Å². The summed E-state index contributed by atoms with van der Waals surface area (Å²) in [5, 5.41) is 21.2. The molecule has 0 unspecified atom stereocenters. The number of carbonyl (C=O) groups excluding carboxylic acids is 1. The van der Waals surface area contributed by atoms with Gasteiger partial charge in [-0.1, -0.05) is 6.92 Å². The molecule has 1 aliphatic rings. The van der Waals surface area contributed by atoms with Crippen LogP contribution in [0.1, 0.15) is 30.1 Å². The molecule has 0 aromatic heterocycles. The predicted molar refractivity (Wildman–Crippen MR) is 80.5 cm³/mol. The number of piperidine rings is 1. The van der Waals surface area contributed by atoms with E-state index in [1.54, 1.807) is 4.90 Å². The molecule has 0 aliphatic carbocycles. The second-order valence-corrected chi connectivity index (χ2v) is 5.66. The normalized spacial score (nSPS) is 15.6. The fourth-order valence-corrected chi connectivity index (χ4v) is 2.71. The maximum absolute atomic E-state index is 11.6. The summed E-state index contributed by atoms with van der Waals surface area (Å²) in [6.45, 7) is 3.16. The van der Waals surface area contributed by atoms with Crippen LogP contribution >= 0.6 is 11.6 Å². The van der Waals surface area contributed by atoms with E-state index in [1.807, 2.05) is 0 Å². The molecule has 1 aromatic rings. The van der Waals surface area contributed by atoms with E-state index in [0.717, 1.165) is 25.0 Å². The summed E-state index contributed by atoms with van der Waals surface area (Å²) in [6, 6.07) is 1.87. The van der Waals surface area contributed by atoms with Gasteiger partial charge in [-0.2, -0.15) is 0 Å². The standard InChI is InChI=1S/C13H14ClN3O5/c1-8-2-4-15(5-3-8)12-10(13(14)18)6-9(16(19)20)7-11(12)17(21)22/h6-8H,2-5H2,1H3. The Kier molecular flexibility index (Phi) is 4.60. The van der Waals surface area contributed by atoms with Gasteiger partial charge in [0.25, 0.3) is 16.6 Å². The summed E-state index contributed by atoms with van der Waals surface area (Å²) in [5.41, 5.74) is -1.11. The second kappa shape index (κ2) is 6.27. The molecule has 1 heterocycles. The molecule has 1 aliphatic heterocycles. The Morgan fingerprint density at radius 2 is 1.82 bits per heavy atom. The number of benzene rings is 1. The van der Waals surface area contributed by atoms with Gasteiger partial charge < -0.3 is 4.90 Å². The molecule has 8 nitrogen and oxygen atoms in total. The van der Waals surface area contributed by atoms with Crippen LogP contribution in [0, 0.1) is 26.1 Å². The highest BCUT2D eigenvalue weighted by Gasteiger charge is 2.31. The SMILES string of the molecule is CC1CCN(c2c(C(=O)Cl)cc([N+](=O)[O-])cc2[N+](=O)[O-])CC1. The largest absolute Gasteiger partial charge is 0.365 e. The molecule has 0 amide bonds. The lowest BCUT2D eigenvalue weighted by Gasteiger charge is -2.32. The van der Waals surface area contributed by atoms with Gasteiger partial charge in [0.15, 0.2) is 0 Å². The fraction of sp³-hybridized carbons (Fsp3) is 0.462. The van der Waals surface area contributed by atoms with Gasteiger partial charge in [0.1, 0.15) is 5.69 Å². The molecule has 1 fully saturated rings. The molecule has 0 atom stereocenters. The van der Waals surface area contributed by atoms with Crippen molar-refractivity contribution in [2.75, 3.05) is 18.0 Å². The van der Waals surface area contributed by atoms with Crippen molar-refractivity contribution in [3.63, 3.8) is 0 Å². The van der Waals surface area contributed by atoms with E-state index in [2.05, 4.69) is 6.92 Å². The fourth-order valence-electron chi connectivity index (χ4n) is 2.56. The quantitative estimate of drug-likeness (QED) is 0.477. The van der Waals surface area contributed by atoms with Gasteiger partial charge in [-0.05, 0) is 30.4 Å². The number of nitro benzene ring substituents is 2. The number of non-ortho nitro benzene ring substituents is 1. The molecule has 1 saturated heterocycles. The molecule has 9 heteroatoms. The maximum Gasteiger partial charge on any atom is 0.300 e. The maximum atomic E-state index is 11.6. The van der Waals surface area contributed by atoms with Gasteiger partial charge in [0.05, 0.1) is 21.5 Å². The van der Waals surface area contributed by atoms with E-state index in [0.29, 0.717) is 19.0 Å². The molecule has 0 spiro atoms. The van der Waals surface area contributed by atoms with Crippen LogP contribution in [0.5, 0.6) is 0 Å². The van der Waals surface area contributed by atoms with Crippen LogP contribution in [0.15, 0.2) is 12.1 Å². The van der Waals surface area contributed by atoms with Gasteiger partial charge in [-0.15, -0.1) is 0 Å². The Balaban J connectivity index is 2.61. The highest BCUT2D eigenvalue weighted by Crippen LogP contribution is 2.38. The second-order valence-electron chi connectivity index (χ2n) is 5.32. The lowest BCUT2D eigenvalue weighted by Crippen LogP contribution is -2.34. The van der Waals surface area contributed by atoms with E-state index >= 15 is 0 Å². The number of hydrogen-bond donors (Lipinski definition) is 0. The van der Waals surface area contributed by atoms with Crippen LogP contribution in [0.4, 0.5) is 17.1 Å². The number of hydrogen-bond acceptors (Lipinski definition) is 6. The number of rotatable bonds is 4. The molecule has 118 valence electrons. The van der Waals surface area contributed by atoms with Crippen molar-refractivity contribution in [1.29, 1.82) is 0 Å². The molecule has 2 rings (SSSR count). The van der Waals surface area contributed by atoms with Gasteiger partial charge in [0.2, 0.25) is 0 Å². The van der Waals surface area contributed by atoms with E-state index in [4.69, 9.17) is 11.6 Å². The Labute approximate surface area is 131 Å². The minimum absolute atomic E-state index is 0.0718. The average molecular weight is 328 g/mol. The topological polar surface area (TPSA) is 107 Å². The number of anilines is 1. The third-order valence-electron chi connectivity index (χ3n) is 3.79. The van der Waals surface area contributed by atoms with E-state index in [1.165, 1.54) is 0 Å². The molecule has 22 heavy (non-hydrogen) atoms. The van der Waals surface area contributed by atoms with Crippen LogP contribution in [-0.2, 0) is 0 Å². The highest BCUT2D eigenvalue weighted by atomic mass is 35.5. The Bertz CT molecular complexity index is 606. The predicted octanol–water partition coefficient (Wildman–Crippen LogP) is 3.12. The van der Waals surface area contributed by atoms with Gasteiger partial charge in [0, 0.05) is 19.2 Å². The van der Waals surface area contributed by atoms with Crippen molar-refractivity contribution in [2.45, 2.75) is 19.8 Å². The molecule has 0 N–H and O–H groups in total. The van der Waals surface area contributed by atoms with Crippen molar-refractivity contribution in [3.05, 3.63) is 37.9 Å². The first kappa shape index (κ1) is 16.2. The van der Waals surface area contributed by atoms with Crippen molar-refractivity contribution in [1.82, 2.24) is 0 Å². The number of nitrogens with zero attached hydrogens (tertiary/aromatic N) is 3.